The second-order valence-corrected chi connectivity index (χ2v) is 6.45. The van der Waals surface area contributed by atoms with E-state index in [4.69, 9.17) is 0 Å². The van der Waals surface area contributed by atoms with E-state index >= 15 is 0 Å². The molecular weight excluding hydrogens is 337 g/mol. The van der Waals surface area contributed by atoms with Crippen molar-refractivity contribution in [1.82, 2.24) is 15.1 Å². The second-order valence-electron chi connectivity index (χ2n) is 6.45. The van der Waals surface area contributed by atoms with Crippen LogP contribution in [0.25, 0.3) is 0 Å². The molecule has 1 aromatic rings. The number of likely N-dealkylation sites (N-methyl/N-ethyl adjacent to an activating group) is 1. The fourth-order valence-electron chi connectivity index (χ4n) is 3.08. The molecule has 1 N–H and O–H groups in total. The number of imide groups is 1. The van der Waals surface area contributed by atoms with Gasteiger partial charge in [-0.1, -0.05) is 31.2 Å². The van der Waals surface area contributed by atoms with Crippen molar-refractivity contribution < 1.29 is 18.8 Å². The topological polar surface area (TPSA) is 69.7 Å². The van der Waals surface area contributed by atoms with Gasteiger partial charge in [-0.05, 0) is 38.0 Å². The smallest absolute Gasteiger partial charge is 0.325 e. The fraction of sp³-hybridized carbons (Fsp3) is 0.421. The number of nitrogens with zero attached hydrogens (tertiary/aromatic N) is 2. The number of benzene rings is 1. The van der Waals surface area contributed by atoms with Crippen LogP contribution in [0.2, 0.25) is 0 Å². The number of carbonyl (C=O) groups excluding carboxylic acids is 3. The molecular formula is C19H24FN3O3. The summed E-state index contributed by atoms with van der Waals surface area (Å²) in [7, 11) is 0. The monoisotopic (exact) mass is 361 g/mol. The number of halogens is 1. The zero-order valence-corrected chi connectivity index (χ0v) is 15.3. The summed E-state index contributed by atoms with van der Waals surface area (Å²) in [4.78, 5) is 40.3. The maximum absolute atomic E-state index is 13.2. The number of urea groups is 1. The summed E-state index contributed by atoms with van der Waals surface area (Å²) in [5.74, 6) is -1.26. The van der Waals surface area contributed by atoms with Gasteiger partial charge in [-0.2, -0.15) is 0 Å². The quantitative estimate of drug-likeness (QED) is 0.599. The summed E-state index contributed by atoms with van der Waals surface area (Å²) in [5.41, 5.74) is 0.0202. The van der Waals surface area contributed by atoms with Gasteiger partial charge >= 0.3 is 6.03 Å². The van der Waals surface area contributed by atoms with Crippen molar-refractivity contribution in [3.8, 4) is 0 Å². The predicted molar refractivity (Wildman–Crippen MR) is 95.7 cm³/mol. The molecule has 26 heavy (non-hydrogen) atoms. The van der Waals surface area contributed by atoms with Crippen molar-refractivity contribution in [3.63, 3.8) is 0 Å². The first-order valence-electron chi connectivity index (χ1n) is 8.57. The highest BCUT2D eigenvalue weighted by atomic mass is 19.1. The molecule has 6 nitrogen and oxygen atoms in total. The molecule has 140 valence electrons. The lowest BCUT2D eigenvalue weighted by Gasteiger charge is -2.26. The van der Waals surface area contributed by atoms with Gasteiger partial charge < -0.3 is 10.2 Å². The van der Waals surface area contributed by atoms with Gasteiger partial charge in [0.15, 0.2) is 0 Å². The first-order valence-corrected chi connectivity index (χ1v) is 8.57. The summed E-state index contributed by atoms with van der Waals surface area (Å²) in [6, 6.07) is 4.81. The third-order valence-corrected chi connectivity index (χ3v) is 4.53. The van der Waals surface area contributed by atoms with Gasteiger partial charge in [-0.25, -0.2) is 9.18 Å². The van der Waals surface area contributed by atoms with Crippen LogP contribution in [-0.4, -0.2) is 47.3 Å². The van der Waals surface area contributed by atoms with Gasteiger partial charge in [0.2, 0.25) is 5.91 Å². The van der Waals surface area contributed by atoms with Crippen LogP contribution < -0.4 is 5.32 Å². The lowest BCUT2D eigenvalue weighted by Crippen LogP contribution is -2.45. The normalized spacial score (nSPS) is 19.5. The average Bonchev–Trinajstić information content (AvgIpc) is 2.85. The van der Waals surface area contributed by atoms with Crippen LogP contribution in [-0.2, 0) is 15.1 Å². The maximum Gasteiger partial charge on any atom is 0.325 e. The van der Waals surface area contributed by atoms with Crippen LogP contribution in [0.5, 0.6) is 0 Å². The molecule has 1 atom stereocenters. The van der Waals surface area contributed by atoms with E-state index in [2.05, 4.69) is 11.9 Å². The van der Waals surface area contributed by atoms with Crippen molar-refractivity contribution >= 4 is 17.8 Å². The Bertz CT molecular complexity index is 732. The Morgan fingerprint density at radius 1 is 1.27 bits per heavy atom. The standard InChI is InChI=1S/C19H24FN3O3/c1-5-19(14-7-9-15(20)10-8-14)17(25)23(18(26)21-19)12-16(24)22(6-2)11-13(3)4/h7-10H,3,5-6,11-12H2,1-2,4H3,(H,21,26). The van der Waals surface area contributed by atoms with Gasteiger partial charge in [0.25, 0.3) is 5.91 Å². The Morgan fingerprint density at radius 2 is 1.88 bits per heavy atom. The molecule has 0 aromatic heterocycles. The van der Waals surface area contributed by atoms with E-state index in [9.17, 15) is 18.8 Å². The Kier molecular flexibility index (Phi) is 5.79. The molecule has 1 unspecified atom stereocenters. The van der Waals surface area contributed by atoms with Crippen LogP contribution in [0.4, 0.5) is 9.18 Å². The van der Waals surface area contributed by atoms with E-state index in [1.165, 1.54) is 29.2 Å². The van der Waals surface area contributed by atoms with Gasteiger partial charge in [0.05, 0.1) is 0 Å². The number of nitrogens with one attached hydrogen (secondary N) is 1. The minimum absolute atomic E-state index is 0.289. The molecule has 2 rings (SSSR count). The lowest BCUT2D eigenvalue weighted by atomic mass is 9.87. The average molecular weight is 361 g/mol. The second kappa shape index (κ2) is 7.68. The van der Waals surface area contributed by atoms with Crippen LogP contribution in [0.1, 0.15) is 32.8 Å². The highest BCUT2D eigenvalue weighted by Crippen LogP contribution is 2.32. The van der Waals surface area contributed by atoms with Crippen LogP contribution in [0.15, 0.2) is 36.4 Å². The van der Waals surface area contributed by atoms with Crippen LogP contribution in [0, 0.1) is 5.82 Å². The minimum Gasteiger partial charge on any atom is -0.337 e. The zero-order valence-electron chi connectivity index (χ0n) is 15.3. The largest absolute Gasteiger partial charge is 0.337 e. The summed E-state index contributed by atoms with van der Waals surface area (Å²) in [5, 5.41) is 2.68. The third kappa shape index (κ3) is 3.61. The summed E-state index contributed by atoms with van der Waals surface area (Å²) in [6.07, 6.45) is 0.289. The minimum atomic E-state index is -1.28. The molecule has 1 aromatic carbocycles. The highest BCUT2D eigenvalue weighted by molar-refractivity contribution is 6.09. The van der Waals surface area contributed by atoms with E-state index in [0.29, 0.717) is 18.7 Å². The van der Waals surface area contributed by atoms with Crippen molar-refractivity contribution in [2.75, 3.05) is 19.6 Å². The molecule has 1 aliphatic rings. The lowest BCUT2D eigenvalue weighted by molar-refractivity contribution is -0.139. The molecule has 1 saturated heterocycles. The van der Waals surface area contributed by atoms with Crippen molar-refractivity contribution in [2.24, 2.45) is 0 Å². The SMILES string of the molecule is C=C(C)CN(CC)C(=O)CN1C(=O)NC(CC)(c2ccc(F)cc2)C1=O. The van der Waals surface area contributed by atoms with E-state index in [-0.39, 0.29) is 18.9 Å². The molecule has 0 saturated carbocycles. The number of amides is 4. The van der Waals surface area contributed by atoms with Crippen molar-refractivity contribution in [3.05, 3.63) is 47.8 Å². The van der Waals surface area contributed by atoms with Gasteiger partial charge in [0, 0.05) is 13.1 Å². The fourth-order valence-corrected chi connectivity index (χ4v) is 3.08. The van der Waals surface area contributed by atoms with Gasteiger partial charge in [0.1, 0.15) is 17.9 Å². The summed E-state index contributed by atoms with van der Waals surface area (Å²) >= 11 is 0. The van der Waals surface area contributed by atoms with Crippen molar-refractivity contribution in [1.29, 1.82) is 0 Å². The summed E-state index contributed by atoms with van der Waals surface area (Å²) < 4.78 is 13.2. The first-order chi connectivity index (χ1) is 12.2. The Hall–Kier alpha value is -2.70. The molecule has 1 fully saturated rings. The van der Waals surface area contributed by atoms with Crippen molar-refractivity contribution in [2.45, 2.75) is 32.7 Å². The van der Waals surface area contributed by atoms with E-state index in [1.807, 2.05) is 6.92 Å². The first kappa shape index (κ1) is 19.6. The molecule has 1 heterocycles. The third-order valence-electron chi connectivity index (χ3n) is 4.53. The van der Waals surface area contributed by atoms with Crippen LogP contribution in [0.3, 0.4) is 0 Å². The van der Waals surface area contributed by atoms with Gasteiger partial charge in [-0.15, -0.1) is 0 Å². The molecule has 0 spiro atoms. The molecule has 7 heteroatoms. The zero-order chi connectivity index (χ0) is 19.5. The van der Waals surface area contributed by atoms with E-state index in [1.54, 1.807) is 13.8 Å². The summed E-state index contributed by atoms with van der Waals surface area (Å²) in [6.45, 7) is 9.65. The molecule has 0 bridgehead atoms. The molecule has 0 aliphatic carbocycles. The molecule has 0 radical (unpaired) electrons. The number of hydrogen-bond donors (Lipinski definition) is 1. The van der Waals surface area contributed by atoms with Crippen LogP contribution >= 0.6 is 0 Å². The highest BCUT2D eigenvalue weighted by Gasteiger charge is 2.51. The maximum atomic E-state index is 13.2. The number of carbonyl (C=O) groups is 3. The number of hydrogen-bond acceptors (Lipinski definition) is 3. The van der Waals surface area contributed by atoms with E-state index < -0.39 is 23.3 Å². The number of rotatable bonds is 7. The predicted octanol–water partition coefficient (Wildman–Crippen LogP) is 2.41. The van der Waals surface area contributed by atoms with Gasteiger partial charge in [-0.3, -0.25) is 14.5 Å². The molecule has 1 aliphatic heterocycles. The Balaban J connectivity index is 2.25. The molecule has 4 amide bonds. The Morgan fingerprint density at radius 3 is 2.38 bits per heavy atom. The Labute approximate surface area is 152 Å². The van der Waals surface area contributed by atoms with E-state index in [0.717, 1.165) is 10.5 Å².